The quantitative estimate of drug-likeness (QED) is 0.416. The third-order valence-corrected chi connectivity index (χ3v) is 8.64. The SMILES string of the molecule is COc1ccc(S(=O)(=O)N2C(=O)C(CN[C@@H](C)C(=O)N(C)C)(c3cccnc3OC)c3cc(Cl)ccc32)cc1. The number of sulfonamides is 1. The van der Waals surface area contributed by atoms with Gasteiger partial charge in [-0.3, -0.25) is 9.59 Å². The van der Waals surface area contributed by atoms with Gasteiger partial charge in [-0.25, -0.2) is 17.7 Å². The van der Waals surface area contributed by atoms with E-state index in [4.69, 9.17) is 21.1 Å². The Balaban J connectivity index is 1.96. The molecule has 1 aromatic heterocycles. The van der Waals surface area contributed by atoms with Crippen LogP contribution in [0.5, 0.6) is 11.6 Å². The van der Waals surface area contributed by atoms with Crippen LogP contribution in [0.1, 0.15) is 18.1 Å². The fourth-order valence-corrected chi connectivity index (χ4v) is 6.36. The predicted octanol–water partition coefficient (Wildman–Crippen LogP) is 2.84. The number of likely N-dealkylation sites (N-methyl/N-ethyl adjacent to an activating group) is 1. The van der Waals surface area contributed by atoms with Crippen molar-refractivity contribution in [3.63, 3.8) is 0 Å². The summed E-state index contributed by atoms with van der Waals surface area (Å²) in [5, 5.41) is 3.44. The van der Waals surface area contributed by atoms with Gasteiger partial charge in [0.2, 0.25) is 11.8 Å². The fraction of sp³-hybridized carbons (Fsp3) is 0.296. The van der Waals surface area contributed by atoms with Crippen LogP contribution >= 0.6 is 11.6 Å². The topological polar surface area (TPSA) is 118 Å². The first-order valence-electron chi connectivity index (χ1n) is 12.0. The Morgan fingerprint density at radius 2 is 1.79 bits per heavy atom. The third kappa shape index (κ3) is 4.81. The number of methoxy groups -OCH3 is 2. The lowest BCUT2D eigenvalue weighted by atomic mass is 9.75. The van der Waals surface area contributed by atoms with Gasteiger partial charge in [0.25, 0.3) is 15.9 Å². The Morgan fingerprint density at radius 1 is 1.10 bits per heavy atom. The number of carbonyl (C=O) groups is 2. The van der Waals surface area contributed by atoms with Gasteiger partial charge in [0.15, 0.2) is 0 Å². The van der Waals surface area contributed by atoms with Crippen LogP contribution in [0.25, 0.3) is 0 Å². The van der Waals surface area contributed by atoms with Crippen LogP contribution in [-0.4, -0.2) is 71.0 Å². The van der Waals surface area contributed by atoms with Gasteiger partial charge in [-0.2, -0.15) is 0 Å². The standard InChI is InChI=1S/C27H29ClN4O6S/c1-17(25(33)31(2)3)30-16-27(21-7-6-14-29-24(21)38-5)22-15-18(28)8-13-23(22)32(26(27)34)39(35,36)20-11-9-19(37-4)10-12-20/h6-15,17,30H,16H2,1-5H3/t17-,27?/m0/s1. The van der Waals surface area contributed by atoms with Crippen molar-refractivity contribution in [1.29, 1.82) is 0 Å². The highest BCUT2D eigenvalue weighted by Crippen LogP contribution is 2.50. The molecular weight excluding hydrogens is 544 g/mol. The van der Waals surface area contributed by atoms with E-state index in [1.165, 1.54) is 61.7 Å². The van der Waals surface area contributed by atoms with E-state index in [-0.39, 0.29) is 28.9 Å². The summed E-state index contributed by atoms with van der Waals surface area (Å²) in [6.45, 7) is 1.53. The molecule has 39 heavy (non-hydrogen) atoms. The zero-order chi connectivity index (χ0) is 28.5. The van der Waals surface area contributed by atoms with E-state index in [2.05, 4.69) is 10.3 Å². The number of hydrogen-bond donors (Lipinski definition) is 1. The number of nitrogens with one attached hydrogen (secondary N) is 1. The molecule has 206 valence electrons. The average molecular weight is 573 g/mol. The summed E-state index contributed by atoms with van der Waals surface area (Å²) in [5.74, 6) is -0.386. The number of fused-ring (bicyclic) bond motifs is 1. The molecule has 1 N–H and O–H groups in total. The molecule has 2 atom stereocenters. The van der Waals surface area contributed by atoms with Crippen LogP contribution in [0.2, 0.25) is 5.02 Å². The molecular formula is C27H29ClN4O6S. The molecule has 0 bridgehead atoms. The van der Waals surface area contributed by atoms with Gasteiger partial charge >= 0.3 is 0 Å². The normalized spacial score (nSPS) is 17.5. The number of pyridine rings is 1. The maximum Gasteiger partial charge on any atom is 0.270 e. The number of anilines is 1. The summed E-state index contributed by atoms with van der Waals surface area (Å²) in [4.78, 5) is 32.8. The maximum absolute atomic E-state index is 14.6. The summed E-state index contributed by atoms with van der Waals surface area (Å²) in [5.41, 5.74) is -0.856. The highest BCUT2D eigenvalue weighted by molar-refractivity contribution is 7.93. The molecule has 0 fully saturated rings. The van der Waals surface area contributed by atoms with E-state index in [1.807, 2.05) is 0 Å². The van der Waals surface area contributed by atoms with Gasteiger partial charge in [-0.1, -0.05) is 17.7 Å². The van der Waals surface area contributed by atoms with E-state index in [0.717, 1.165) is 4.31 Å². The summed E-state index contributed by atoms with van der Waals surface area (Å²) in [7, 11) is 1.75. The Morgan fingerprint density at radius 3 is 2.41 bits per heavy atom. The Labute approximate surface area is 232 Å². The fourth-order valence-electron chi connectivity index (χ4n) is 4.70. The molecule has 3 aromatic rings. The number of rotatable bonds is 9. The molecule has 2 aromatic carbocycles. The van der Waals surface area contributed by atoms with Crippen LogP contribution in [0, 0.1) is 0 Å². The molecule has 0 spiro atoms. The van der Waals surface area contributed by atoms with Crippen molar-refractivity contribution in [2.24, 2.45) is 0 Å². The van der Waals surface area contributed by atoms with E-state index in [1.54, 1.807) is 39.2 Å². The highest BCUT2D eigenvalue weighted by Gasteiger charge is 2.57. The zero-order valence-corrected chi connectivity index (χ0v) is 23.7. The predicted molar refractivity (Wildman–Crippen MR) is 147 cm³/mol. The minimum Gasteiger partial charge on any atom is -0.497 e. The third-order valence-electron chi connectivity index (χ3n) is 6.69. The van der Waals surface area contributed by atoms with Crippen molar-refractivity contribution in [2.45, 2.75) is 23.3 Å². The van der Waals surface area contributed by atoms with Gasteiger partial charge in [-0.05, 0) is 61.0 Å². The number of halogens is 1. The second-order valence-electron chi connectivity index (χ2n) is 9.21. The molecule has 1 aliphatic rings. The summed E-state index contributed by atoms with van der Waals surface area (Å²) < 4.78 is 39.5. The van der Waals surface area contributed by atoms with Crippen molar-refractivity contribution in [2.75, 3.05) is 39.2 Å². The molecule has 4 rings (SSSR count). The van der Waals surface area contributed by atoms with Crippen LogP contribution in [0.4, 0.5) is 5.69 Å². The van der Waals surface area contributed by atoms with Crippen molar-refractivity contribution in [3.05, 3.63) is 76.9 Å². The Hall–Kier alpha value is -3.67. The Bertz CT molecular complexity index is 1510. The molecule has 1 aliphatic heterocycles. The van der Waals surface area contributed by atoms with Gasteiger partial charge in [0, 0.05) is 37.4 Å². The minimum atomic E-state index is -4.39. The van der Waals surface area contributed by atoms with Crippen molar-refractivity contribution >= 4 is 39.1 Å². The Kier molecular flexibility index (Phi) is 7.87. The van der Waals surface area contributed by atoms with Gasteiger partial charge in [0.05, 0.1) is 30.8 Å². The minimum absolute atomic E-state index is 0.101. The monoisotopic (exact) mass is 572 g/mol. The number of hydrogen-bond acceptors (Lipinski definition) is 8. The smallest absolute Gasteiger partial charge is 0.270 e. The van der Waals surface area contributed by atoms with E-state index in [0.29, 0.717) is 21.9 Å². The van der Waals surface area contributed by atoms with Gasteiger partial charge in [0.1, 0.15) is 11.2 Å². The molecule has 1 unspecified atom stereocenters. The number of carbonyl (C=O) groups excluding carboxylic acids is 2. The summed E-state index contributed by atoms with van der Waals surface area (Å²) >= 11 is 6.41. The first-order valence-corrected chi connectivity index (χ1v) is 13.8. The molecule has 10 nitrogen and oxygen atoms in total. The first kappa shape index (κ1) is 28.3. The molecule has 12 heteroatoms. The second kappa shape index (κ2) is 10.8. The van der Waals surface area contributed by atoms with Crippen LogP contribution in [0.15, 0.2) is 65.7 Å². The molecule has 2 amide bonds. The van der Waals surface area contributed by atoms with Gasteiger partial charge in [-0.15, -0.1) is 0 Å². The van der Waals surface area contributed by atoms with Crippen molar-refractivity contribution in [1.82, 2.24) is 15.2 Å². The number of ether oxygens (including phenoxy) is 2. The number of aromatic nitrogens is 1. The lowest BCUT2D eigenvalue weighted by Gasteiger charge is -2.32. The highest BCUT2D eigenvalue weighted by atomic mass is 35.5. The molecule has 0 saturated carbocycles. The molecule has 2 heterocycles. The molecule has 0 aliphatic carbocycles. The number of benzene rings is 2. The second-order valence-corrected chi connectivity index (χ2v) is 11.4. The number of nitrogens with zero attached hydrogens (tertiary/aromatic N) is 3. The molecule has 0 radical (unpaired) electrons. The van der Waals surface area contributed by atoms with Crippen molar-refractivity contribution in [3.8, 4) is 11.6 Å². The van der Waals surface area contributed by atoms with E-state index >= 15 is 0 Å². The van der Waals surface area contributed by atoms with E-state index < -0.39 is 27.4 Å². The lowest BCUT2D eigenvalue weighted by molar-refractivity contribution is -0.131. The van der Waals surface area contributed by atoms with E-state index in [9.17, 15) is 18.0 Å². The largest absolute Gasteiger partial charge is 0.497 e. The van der Waals surface area contributed by atoms with Crippen LogP contribution < -0.4 is 19.1 Å². The number of amides is 2. The summed E-state index contributed by atoms with van der Waals surface area (Å²) in [6.07, 6.45) is 1.51. The van der Waals surface area contributed by atoms with Crippen LogP contribution in [-0.2, 0) is 25.0 Å². The van der Waals surface area contributed by atoms with Gasteiger partial charge < -0.3 is 19.7 Å². The lowest BCUT2D eigenvalue weighted by Crippen LogP contribution is -2.53. The summed E-state index contributed by atoms with van der Waals surface area (Å²) in [6, 6.07) is 12.9. The van der Waals surface area contributed by atoms with Crippen LogP contribution in [0.3, 0.4) is 0 Å². The average Bonchev–Trinajstić information content (AvgIpc) is 3.18. The maximum atomic E-state index is 14.6. The zero-order valence-electron chi connectivity index (χ0n) is 22.1. The van der Waals surface area contributed by atoms with Crippen molar-refractivity contribution < 1.29 is 27.5 Å². The molecule has 0 saturated heterocycles. The first-order chi connectivity index (χ1) is 18.5.